The Morgan fingerprint density at radius 1 is 0.905 bits per heavy atom. The van der Waals surface area contributed by atoms with Gasteiger partial charge in [0, 0.05) is 12.6 Å². The summed E-state index contributed by atoms with van der Waals surface area (Å²) in [6.07, 6.45) is 0. The molecular weight excluding hydrogens is 260 g/mol. The zero-order valence-electron chi connectivity index (χ0n) is 12.1. The van der Waals surface area contributed by atoms with E-state index in [0.29, 0.717) is 5.70 Å². The molecule has 0 aliphatic carbocycles. The van der Waals surface area contributed by atoms with E-state index in [1.807, 2.05) is 67.6 Å². The van der Waals surface area contributed by atoms with Crippen LogP contribution in [0, 0.1) is 0 Å². The lowest BCUT2D eigenvalue weighted by molar-refractivity contribution is -0.121. The highest BCUT2D eigenvalue weighted by Gasteiger charge is 2.28. The quantitative estimate of drug-likeness (QED) is 0.774. The van der Waals surface area contributed by atoms with E-state index in [4.69, 9.17) is 0 Å². The van der Waals surface area contributed by atoms with Crippen LogP contribution in [0.25, 0.3) is 5.57 Å². The van der Waals surface area contributed by atoms with Gasteiger partial charge in [0.1, 0.15) is 11.5 Å². The second-order valence-corrected chi connectivity index (χ2v) is 4.98. The number of hydrogen-bond donors (Lipinski definition) is 0. The predicted molar refractivity (Wildman–Crippen MR) is 84.8 cm³/mol. The molecule has 0 fully saturated rings. The van der Waals surface area contributed by atoms with Gasteiger partial charge in [0.05, 0.1) is 0 Å². The molecule has 3 rings (SSSR count). The molecule has 0 atom stereocenters. The van der Waals surface area contributed by atoms with Gasteiger partial charge in [-0.15, -0.1) is 0 Å². The zero-order chi connectivity index (χ0) is 14.8. The van der Waals surface area contributed by atoms with Crippen LogP contribution in [0.1, 0.15) is 18.1 Å². The summed E-state index contributed by atoms with van der Waals surface area (Å²) in [5.41, 5.74) is 3.38. The van der Waals surface area contributed by atoms with Crippen molar-refractivity contribution in [2.45, 2.75) is 6.92 Å². The minimum atomic E-state index is -0.0600. The van der Waals surface area contributed by atoms with Crippen molar-refractivity contribution in [3.8, 4) is 0 Å². The Kier molecular flexibility index (Phi) is 3.40. The molecule has 21 heavy (non-hydrogen) atoms. The van der Waals surface area contributed by atoms with Gasteiger partial charge < -0.3 is 0 Å². The maximum atomic E-state index is 12.5. The normalized spacial score (nSPS) is 14.4. The molecule has 0 bridgehead atoms. The largest absolute Gasteiger partial charge is 0.298 e. The van der Waals surface area contributed by atoms with Gasteiger partial charge in [-0.3, -0.25) is 9.69 Å². The molecule has 3 nitrogen and oxygen atoms in total. The molecule has 2 aromatic carbocycles. The Labute approximate surface area is 124 Å². The molecule has 1 amide bonds. The summed E-state index contributed by atoms with van der Waals surface area (Å²) in [6.45, 7) is 1.85. The Morgan fingerprint density at radius 2 is 1.38 bits per heavy atom. The van der Waals surface area contributed by atoms with E-state index >= 15 is 0 Å². The summed E-state index contributed by atoms with van der Waals surface area (Å²) in [5, 5.41) is 0. The van der Waals surface area contributed by atoms with Crippen LogP contribution in [-0.4, -0.2) is 23.7 Å². The molecule has 0 saturated heterocycles. The van der Waals surface area contributed by atoms with Crippen LogP contribution in [0.5, 0.6) is 0 Å². The Morgan fingerprint density at radius 3 is 1.76 bits per heavy atom. The lowest BCUT2D eigenvalue weighted by Gasteiger charge is -2.11. The smallest absolute Gasteiger partial charge is 0.278 e. The minimum Gasteiger partial charge on any atom is -0.298 e. The number of benzene rings is 2. The van der Waals surface area contributed by atoms with Crippen molar-refractivity contribution in [1.29, 1.82) is 0 Å². The van der Waals surface area contributed by atoms with Crippen molar-refractivity contribution in [1.82, 2.24) is 4.90 Å². The van der Waals surface area contributed by atoms with E-state index < -0.39 is 0 Å². The summed E-state index contributed by atoms with van der Waals surface area (Å²) >= 11 is 0. The standard InChI is InChI=1S/C18H16N2O/c1-13-19-17(18(21)20(13)2)16(14-9-5-3-6-10-14)15-11-7-4-8-12-15/h3-12H,1-2H3. The molecule has 1 aliphatic heterocycles. The summed E-state index contributed by atoms with van der Waals surface area (Å²) in [4.78, 5) is 18.5. The van der Waals surface area contributed by atoms with Crippen molar-refractivity contribution >= 4 is 17.3 Å². The van der Waals surface area contributed by atoms with Gasteiger partial charge in [0.2, 0.25) is 0 Å². The first-order valence-corrected chi connectivity index (χ1v) is 6.87. The highest BCUT2D eigenvalue weighted by atomic mass is 16.2. The molecule has 0 radical (unpaired) electrons. The molecule has 2 aromatic rings. The summed E-state index contributed by atoms with van der Waals surface area (Å²) in [5.74, 6) is 0.662. The van der Waals surface area contributed by atoms with E-state index in [9.17, 15) is 4.79 Å². The molecule has 0 unspecified atom stereocenters. The van der Waals surface area contributed by atoms with E-state index in [0.717, 1.165) is 22.5 Å². The van der Waals surface area contributed by atoms with Crippen molar-refractivity contribution in [3.05, 3.63) is 77.5 Å². The Bertz CT molecular complexity index is 689. The topological polar surface area (TPSA) is 32.7 Å². The molecule has 0 saturated carbocycles. The number of nitrogens with zero attached hydrogens (tertiary/aromatic N) is 2. The van der Waals surface area contributed by atoms with E-state index in [2.05, 4.69) is 4.99 Å². The molecule has 0 aromatic heterocycles. The summed E-state index contributed by atoms with van der Waals surface area (Å²) < 4.78 is 0. The zero-order valence-corrected chi connectivity index (χ0v) is 12.1. The third-order valence-corrected chi connectivity index (χ3v) is 3.63. The predicted octanol–water partition coefficient (Wildman–Crippen LogP) is 3.34. The van der Waals surface area contributed by atoms with E-state index in [1.54, 1.807) is 11.9 Å². The van der Waals surface area contributed by atoms with Gasteiger partial charge in [-0.05, 0) is 18.1 Å². The summed E-state index contributed by atoms with van der Waals surface area (Å²) in [7, 11) is 1.75. The molecule has 0 spiro atoms. The van der Waals surface area contributed by atoms with Crippen molar-refractivity contribution < 1.29 is 4.79 Å². The number of aliphatic imine (C=N–C) groups is 1. The Hall–Kier alpha value is -2.68. The fraction of sp³-hybridized carbons (Fsp3) is 0.111. The summed E-state index contributed by atoms with van der Waals surface area (Å²) in [6, 6.07) is 19.8. The number of likely N-dealkylation sites (N-methyl/N-ethyl adjacent to an activating group) is 1. The average Bonchev–Trinajstić information content (AvgIpc) is 2.78. The third kappa shape index (κ3) is 2.38. The Balaban J connectivity index is 2.26. The van der Waals surface area contributed by atoms with Gasteiger partial charge in [0.25, 0.3) is 5.91 Å². The maximum Gasteiger partial charge on any atom is 0.278 e. The van der Waals surface area contributed by atoms with Crippen molar-refractivity contribution in [2.24, 2.45) is 4.99 Å². The first-order chi connectivity index (χ1) is 10.2. The number of amides is 1. The number of rotatable bonds is 2. The van der Waals surface area contributed by atoms with Crippen LogP contribution in [0.4, 0.5) is 0 Å². The average molecular weight is 276 g/mol. The molecule has 0 N–H and O–H groups in total. The second kappa shape index (κ2) is 5.37. The van der Waals surface area contributed by atoms with Crippen LogP contribution in [0.2, 0.25) is 0 Å². The fourth-order valence-corrected chi connectivity index (χ4v) is 2.40. The SMILES string of the molecule is CC1=NC(=C(c2ccccc2)c2ccccc2)C(=O)N1C. The number of carbonyl (C=O) groups excluding carboxylic acids is 1. The third-order valence-electron chi connectivity index (χ3n) is 3.63. The van der Waals surface area contributed by atoms with E-state index in [1.165, 1.54) is 0 Å². The van der Waals surface area contributed by atoms with Gasteiger partial charge in [-0.25, -0.2) is 4.99 Å². The van der Waals surface area contributed by atoms with Crippen LogP contribution in [-0.2, 0) is 4.79 Å². The first kappa shape index (κ1) is 13.3. The van der Waals surface area contributed by atoms with Gasteiger partial charge in [-0.2, -0.15) is 0 Å². The number of hydrogen-bond acceptors (Lipinski definition) is 2. The minimum absolute atomic E-state index is 0.0600. The van der Waals surface area contributed by atoms with Crippen LogP contribution in [0.15, 0.2) is 71.4 Å². The second-order valence-electron chi connectivity index (χ2n) is 4.98. The number of carbonyl (C=O) groups is 1. The van der Waals surface area contributed by atoms with Crippen LogP contribution in [0.3, 0.4) is 0 Å². The van der Waals surface area contributed by atoms with Crippen LogP contribution >= 0.6 is 0 Å². The molecule has 3 heteroatoms. The molecule has 104 valence electrons. The van der Waals surface area contributed by atoms with Crippen molar-refractivity contribution in [3.63, 3.8) is 0 Å². The highest BCUT2D eigenvalue weighted by Crippen LogP contribution is 2.30. The van der Waals surface area contributed by atoms with Gasteiger partial charge >= 0.3 is 0 Å². The fourth-order valence-electron chi connectivity index (χ4n) is 2.40. The van der Waals surface area contributed by atoms with Crippen LogP contribution < -0.4 is 0 Å². The maximum absolute atomic E-state index is 12.5. The lowest BCUT2D eigenvalue weighted by atomic mass is 9.96. The van der Waals surface area contributed by atoms with Crippen molar-refractivity contribution in [2.75, 3.05) is 7.05 Å². The highest BCUT2D eigenvalue weighted by molar-refractivity contribution is 6.16. The molecular formula is C18H16N2O. The monoisotopic (exact) mass is 276 g/mol. The number of amidine groups is 1. The van der Waals surface area contributed by atoms with Gasteiger partial charge in [0.15, 0.2) is 0 Å². The van der Waals surface area contributed by atoms with E-state index in [-0.39, 0.29) is 5.91 Å². The molecule has 1 aliphatic rings. The van der Waals surface area contributed by atoms with Gasteiger partial charge in [-0.1, -0.05) is 60.7 Å². The lowest BCUT2D eigenvalue weighted by Crippen LogP contribution is -2.25. The first-order valence-electron chi connectivity index (χ1n) is 6.87. The molecule has 1 heterocycles.